The number of hydrogen-bond acceptors (Lipinski definition) is 3. The zero-order valence-corrected chi connectivity index (χ0v) is 15.3. The molecular formula is C20H25N3O3. The van der Waals surface area contributed by atoms with E-state index in [1.165, 1.54) is 0 Å². The first-order valence-corrected chi connectivity index (χ1v) is 8.56. The molecule has 2 rings (SSSR count). The van der Waals surface area contributed by atoms with Gasteiger partial charge in [-0.3, -0.25) is 4.79 Å². The van der Waals surface area contributed by atoms with Crippen LogP contribution >= 0.6 is 0 Å². The fourth-order valence-corrected chi connectivity index (χ4v) is 2.38. The highest BCUT2D eigenvalue weighted by Crippen LogP contribution is 2.23. The summed E-state index contributed by atoms with van der Waals surface area (Å²) in [6.07, 6.45) is 0. The molecule has 0 fully saturated rings. The molecule has 2 aromatic rings. The Labute approximate surface area is 153 Å². The van der Waals surface area contributed by atoms with Crippen molar-refractivity contribution >= 4 is 11.9 Å². The van der Waals surface area contributed by atoms with Gasteiger partial charge in [0.15, 0.2) is 0 Å². The SMILES string of the molecule is COc1cccc(-c2ccc(C(=O)NCCNC(=O)NC(C)C)cc2)c1. The summed E-state index contributed by atoms with van der Waals surface area (Å²) in [7, 11) is 1.63. The highest BCUT2D eigenvalue weighted by atomic mass is 16.5. The summed E-state index contributed by atoms with van der Waals surface area (Å²) in [5, 5.41) is 8.19. The second-order valence-corrected chi connectivity index (χ2v) is 6.12. The van der Waals surface area contributed by atoms with Crippen LogP contribution in [0, 0.1) is 0 Å². The molecule has 6 heteroatoms. The van der Waals surface area contributed by atoms with Crippen molar-refractivity contribution in [3.8, 4) is 16.9 Å². The molecule has 138 valence electrons. The van der Waals surface area contributed by atoms with Crippen LogP contribution in [0.15, 0.2) is 48.5 Å². The van der Waals surface area contributed by atoms with Crippen molar-refractivity contribution in [3.05, 3.63) is 54.1 Å². The molecule has 3 amide bonds. The first-order valence-electron chi connectivity index (χ1n) is 8.56. The quantitative estimate of drug-likeness (QED) is 0.668. The van der Waals surface area contributed by atoms with Gasteiger partial charge in [-0.2, -0.15) is 0 Å². The predicted octanol–water partition coefficient (Wildman–Crippen LogP) is 2.80. The average molecular weight is 355 g/mol. The van der Waals surface area contributed by atoms with Crippen LogP contribution in [-0.4, -0.2) is 38.2 Å². The molecule has 26 heavy (non-hydrogen) atoms. The van der Waals surface area contributed by atoms with Crippen molar-refractivity contribution in [1.82, 2.24) is 16.0 Å². The summed E-state index contributed by atoms with van der Waals surface area (Å²) in [6, 6.07) is 15.0. The first-order chi connectivity index (χ1) is 12.5. The number of methoxy groups -OCH3 is 1. The van der Waals surface area contributed by atoms with Crippen LogP contribution in [0.1, 0.15) is 24.2 Å². The second-order valence-electron chi connectivity index (χ2n) is 6.12. The lowest BCUT2D eigenvalue weighted by Gasteiger charge is -2.11. The van der Waals surface area contributed by atoms with Gasteiger partial charge in [0, 0.05) is 24.7 Å². The predicted molar refractivity (Wildman–Crippen MR) is 102 cm³/mol. The van der Waals surface area contributed by atoms with E-state index in [0.717, 1.165) is 16.9 Å². The molecule has 0 heterocycles. The van der Waals surface area contributed by atoms with E-state index < -0.39 is 0 Å². The number of carbonyl (C=O) groups is 2. The smallest absolute Gasteiger partial charge is 0.315 e. The van der Waals surface area contributed by atoms with Crippen LogP contribution in [0.5, 0.6) is 5.75 Å². The van der Waals surface area contributed by atoms with Gasteiger partial charge in [-0.05, 0) is 49.2 Å². The molecule has 0 atom stereocenters. The number of hydrogen-bond donors (Lipinski definition) is 3. The lowest BCUT2D eigenvalue weighted by Crippen LogP contribution is -2.42. The number of urea groups is 1. The highest BCUT2D eigenvalue weighted by molar-refractivity contribution is 5.94. The number of nitrogens with one attached hydrogen (secondary N) is 3. The van der Waals surface area contributed by atoms with Gasteiger partial charge in [0.05, 0.1) is 7.11 Å². The van der Waals surface area contributed by atoms with Gasteiger partial charge >= 0.3 is 6.03 Å². The number of rotatable bonds is 7. The van der Waals surface area contributed by atoms with E-state index in [-0.39, 0.29) is 18.0 Å². The molecule has 0 bridgehead atoms. The Bertz CT molecular complexity index is 742. The van der Waals surface area contributed by atoms with Crippen molar-refractivity contribution in [2.24, 2.45) is 0 Å². The third-order valence-electron chi connectivity index (χ3n) is 3.67. The van der Waals surface area contributed by atoms with E-state index in [4.69, 9.17) is 4.74 Å². The number of ether oxygens (including phenoxy) is 1. The first kappa shape index (κ1) is 19.3. The Balaban J connectivity index is 1.85. The third-order valence-corrected chi connectivity index (χ3v) is 3.67. The van der Waals surface area contributed by atoms with Crippen molar-refractivity contribution in [1.29, 1.82) is 0 Å². The van der Waals surface area contributed by atoms with E-state index in [0.29, 0.717) is 18.7 Å². The summed E-state index contributed by atoms with van der Waals surface area (Å²) in [5.74, 6) is 0.617. The van der Waals surface area contributed by atoms with Crippen molar-refractivity contribution < 1.29 is 14.3 Å². The fourth-order valence-electron chi connectivity index (χ4n) is 2.38. The maximum atomic E-state index is 12.2. The molecule has 2 aromatic carbocycles. The molecule has 3 N–H and O–H groups in total. The maximum Gasteiger partial charge on any atom is 0.315 e. The van der Waals surface area contributed by atoms with Gasteiger partial charge < -0.3 is 20.7 Å². The topological polar surface area (TPSA) is 79.5 Å². The minimum Gasteiger partial charge on any atom is -0.497 e. The molecule has 0 unspecified atom stereocenters. The molecule has 0 aromatic heterocycles. The Morgan fingerprint density at radius 2 is 1.65 bits per heavy atom. The molecule has 0 aliphatic carbocycles. The zero-order chi connectivity index (χ0) is 18.9. The van der Waals surface area contributed by atoms with Crippen molar-refractivity contribution in [2.45, 2.75) is 19.9 Å². The van der Waals surface area contributed by atoms with Gasteiger partial charge in [-0.15, -0.1) is 0 Å². The monoisotopic (exact) mass is 355 g/mol. The van der Waals surface area contributed by atoms with Crippen LogP contribution in [0.3, 0.4) is 0 Å². The number of amides is 3. The van der Waals surface area contributed by atoms with E-state index in [1.807, 2.05) is 50.2 Å². The summed E-state index contributed by atoms with van der Waals surface area (Å²) in [6.45, 7) is 4.50. The third kappa shape index (κ3) is 5.81. The van der Waals surface area contributed by atoms with Gasteiger partial charge in [0.25, 0.3) is 5.91 Å². The minimum absolute atomic E-state index is 0.0766. The lowest BCUT2D eigenvalue weighted by atomic mass is 10.0. The van der Waals surface area contributed by atoms with Gasteiger partial charge in [-0.25, -0.2) is 4.79 Å². The number of carbonyl (C=O) groups excluding carboxylic acids is 2. The average Bonchev–Trinajstić information content (AvgIpc) is 2.64. The van der Waals surface area contributed by atoms with Crippen LogP contribution in [0.25, 0.3) is 11.1 Å². The van der Waals surface area contributed by atoms with E-state index in [2.05, 4.69) is 16.0 Å². The Hall–Kier alpha value is -3.02. The molecular weight excluding hydrogens is 330 g/mol. The Kier molecular flexibility index (Phi) is 7.02. The standard InChI is InChI=1S/C20H25N3O3/c1-14(2)23-20(25)22-12-11-21-19(24)16-9-7-15(8-10-16)17-5-4-6-18(13-17)26-3/h4-10,13-14H,11-12H2,1-3H3,(H,21,24)(H2,22,23,25). The van der Waals surface area contributed by atoms with Crippen LogP contribution in [0.4, 0.5) is 4.79 Å². The lowest BCUT2D eigenvalue weighted by molar-refractivity contribution is 0.0954. The highest BCUT2D eigenvalue weighted by Gasteiger charge is 2.07. The van der Waals surface area contributed by atoms with Crippen molar-refractivity contribution in [3.63, 3.8) is 0 Å². The minimum atomic E-state index is -0.239. The largest absolute Gasteiger partial charge is 0.497 e. The summed E-state index contributed by atoms with van der Waals surface area (Å²) in [5.41, 5.74) is 2.60. The number of benzene rings is 2. The molecule has 0 radical (unpaired) electrons. The normalized spacial score (nSPS) is 10.3. The van der Waals surface area contributed by atoms with Gasteiger partial charge in [0.1, 0.15) is 5.75 Å². The Morgan fingerprint density at radius 1 is 0.962 bits per heavy atom. The fraction of sp³-hybridized carbons (Fsp3) is 0.300. The summed E-state index contributed by atoms with van der Waals surface area (Å²) < 4.78 is 5.23. The maximum absolute atomic E-state index is 12.2. The molecule has 6 nitrogen and oxygen atoms in total. The van der Waals surface area contributed by atoms with Gasteiger partial charge in [-0.1, -0.05) is 24.3 Å². The van der Waals surface area contributed by atoms with Crippen LogP contribution in [-0.2, 0) is 0 Å². The molecule has 0 aliphatic rings. The summed E-state index contributed by atoms with van der Waals surface area (Å²) >= 11 is 0. The van der Waals surface area contributed by atoms with E-state index in [9.17, 15) is 9.59 Å². The van der Waals surface area contributed by atoms with E-state index >= 15 is 0 Å². The van der Waals surface area contributed by atoms with Gasteiger partial charge in [0.2, 0.25) is 0 Å². The zero-order valence-electron chi connectivity index (χ0n) is 15.3. The van der Waals surface area contributed by atoms with Crippen LogP contribution in [0.2, 0.25) is 0 Å². The molecule has 0 saturated heterocycles. The summed E-state index contributed by atoms with van der Waals surface area (Å²) in [4.78, 5) is 23.6. The second kappa shape index (κ2) is 9.46. The van der Waals surface area contributed by atoms with Crippen molar-refractivity contribution in [2.75, 3.05) is 20.2 Å². The molecule has 0 aliphatic heterocycles. The van der Waals surface area contributed by atoms with E-state index in [1.54, 1.807) is 19.2 Å². The Morgan fingerprint density at radius 3 is 2.31 bits per heavy atom. The molecule has 0 saturated carbocycles. The molecule has 0 spiro atoms. The van der Waals surface area contributed by atoms with Crippen LogP contribution < -0.4 is 20.7 Å².